The molecule has 0 fully saturated rings. The van der Waals surface area contributed by atoms with Crippen molar-refractivity contribution in [1.82, 2.24) is 5.32 Å². The minimum absolute atomic E-state index is 0.0373. The highest BCUT2D eigenvalue weighted by molar-refractivity contribution is 5.20. The first-order valence-corrected chi connectivity index (χ1v) is 5.46. The van der Waals surface area contributed by atoms with Crippen LogP contribution in [0.2, 0.25) is 0 Å². The third-order valence-corrected chi connectivity index (χ3v) is 2.83. The van der Waals surface area contributed by atoms with Crippen molar-refractivity contribution in [3.8, 4) is 0 Å². The third-order valence-electron chi connectivity index (χ3n) is 2.83. The fraction of sp³-hybridized carbons (Fsp3) is 0.538. The molecule has 0 spiro atoms. The van der Waals surface area contributed by atoms with Gasteiger partial charge in [-0.3, -0.25) is 0 Å². The Bertz CT molecular complexity index is 355. The predicted octanol–water partition coefficient (Wildman–Crippen LogP) is 3.14. The van der Waals surface area contributed by atoms with Crippen LogP contribution in [-0.4, -0.2) is 13.1 Å². The number of hydrogen-bond acceptors (Lipinski definition) is 1. The van der Waals surface area contributed by atoms with Gasteiger partial charge in [0.2, 0.25) is 0 Å². The largest absolute Gasteiger partial charge is 0.316 e. The summed E-state index contributed by atoms with van der Waals surface area (Å²) >= 11 is 0. The molecule has 3 heteroatoms. The van der Waals surface area contributed by atoms with Crippen LogP contribution in [0.15, 0.2) is 18.2 Å². The summed E-state index contributed by atoms with van der Waals surface area (Å²) in [5, 5.41) is 3.17. The zero-order valence-electron chi connectivity index (χ0n) is 10.3. The van der Waals surface area contributed by atoms with Crippen LogP contribution in [0.5, 0.6) is 0 Å². The molecule has 1 unspecified atom stereocenters. The number of halogens is 2. The fourth-order valence-electron chi connectivity index (χ4n) is 1.75. The first-order valence-electron chi connectivity index (χ1n) is 5.46. The lowest BCUT2D eigenvalue weighted by Gasteiger charge is -2.30. The minimum atomic E-state index is -0.530. The van der Waals surface area contributed by atoms with Crippen molar-refractivity contribution in [2.24, 2.45) is 5.41 Å². The lowest BCUT2D eigenvalue weighted by atomic mass is 9.83. The first kappa shape index (κ1) is 13.1. The van der Waals surface area contributed by atoms with Gasteiger partial charge in [0.1, 0.15) is 11.6 Å². The number of benzene rings is 1. The normalized spacial score (nSPS) is 13.9. The molecular formula is C13H19F2N. The van der Waals surface area contributed by atoms with Crippen LogP contribution in [0, 0.1) is 17.0 Å². The van der Waals surface area contributed by atoms with Gasteiger partial charge in [0, 0.05) is 12.1 Å². The molecule has 1 atom stereocenters. The van der Waals surface area contributed by atoms with Gasteiger partial charge >= 0.3 is 0 Å². The van der Waals surface area contributed by atoms with Crippen LogP contribution in [0.4, 0.5) is 8.78 Å². The quantitative estimate of drug-likeness (QED) is 0.836. The molecule has 1 aromatic carbocycles. The van der Waals surface area contributed by atoms with E-state index in [2.05, 4.69) is 26.1 Å². The van der Waals surface area contributed by atoms with Gasteiger partial charge in [-0.15, -0.1) is 0 Å². The summed E-state index contributed by atoms with van der Waals surface area (Å²) in [4.78, 5) is 0. The molecule has 0 amide bonds. The molecular weight excluding hydrogens is 208 g/mol. The lowest BCUT2D eigenvalue weighted by molar-refractivity contribution is 0.278. The van der Waals surface area contributed by atoms with E-state index in [0.29, 0.717) is 12.0 Å². The topological polar surface area (TPSA) is 12.0 Å². The summed E-state index contributed by atoms with van der Waals surface area (Å²) in [7, 11) is 1.86. The van der Waals surface area contributed by atoms with Gasteiger partial charge in [0.15, 0.2) is 0 Å². The van der Waals surface area contributed by atoms with Crippen molar-refractivity contribution in [1.29, 1.82) is 0 Å². The average Bonchev–Trinajstić information content (AvgIpc) is 2.14. The number of nitrogens with one attached hydrogen (secondary N) is 1. The van der Waals surface area contributed by atoms with Gasteiger partial charge in [-0.1, -0.05) is 26.8 Å². The maximum Gasteiger partial charge on any atom is 0.129 e. The van der Waals surface area contributed by atoms with Crippen molar-refractivity contribution in [3.05, 3.63) is 35.4 Å². The molecule has 16 heavy (non-hydrogen) atoms. The van der Waals surface area contributed by atoms with Crippen LogP contribution in [0.25, 0.3) is 0 Å². The summed E-state index contributed by atoms with van der Waals surface area (Å²) in [5.74, 6) is -0.998. The zero-order chi connectivity index (χ0) is 12.3. The maximum atomic E-state index is 13.5. The van der Waals surface area contributed by atoms with E-state index < -0.39 is 11.6 Å². The Labute approximate surface area is 95.9 Å². The van der Waals surface area contributed by atoms with Crippen LogP contribution < -0.4 is 5.32 Å². The summed E-state index contributed by atoms with van der Waals surface area (Å²) < 4.78 is 26.2. The zero-order valence-corrected chi connectivity index (χ0v) is 10.3. The van der Waals surface area contributed by atoms with Crippen molar-refractivity contribution in [2.45, 2.75) is 33.2 Å². The molecule has 0 radical (unpaired) electrons. The highest BCUT2D eigenvalue weighted by atomic mass is 19.1. The van der Waals surface area contributed by atoms with E-state index in [1.807, 2.05) is 7.05 Å². The monoisotopic (exact) mass is 227 g/mol. The Balaban J connectivity index is 2.86. The molecule has 0 aliphatic heterocycles. The van der Waals surface area contributed by atoms with Crippen LogP contribution in [-0.2, 0) is 6.42 Å². The summed E-state index contributed by atoms with van der Waals surface area (Å²) in [6.07, 6.45) is 0.562. The minimum Gasteiger partial charge on any atom is -0.316 e. The number of likely N-dealkylation sites (N-methyl/N-ethyl adjacent to an activating group) is 1. The standard InChI is InChI=1S/C13H19F2N/c1-13(2,3)12(16-4)7-9-5-6-10(14)8-11(9)15/h5-6,8,12,16H,7H2,1-4H3. The van der Waals surface area contributed by atoms with E-state index in [-0.39, 0.29) is 11.5 Å². The van der Waals surface area contributed by atoms with Crippen molar-refractivity contribution in [3.63, 3.8) is 0 Å². The second-order valence-corrected chi connectivity index (χ2v) is 5.15. The molecule has 0 aliphatic rings. The molecule has 0 bridgehead atoms. The highest BCUT2D eigenvalue weighted by Crippen LogP contribution is 2.23. The van der Waals surface area contributed by atoms with Gasteiger partial charge in [0.25, 0.3) is 0 Å². The molecule has 0 aromatic heterocycles. The summed E-state index contributed by atoms with van der Waals surface area (Å²) in [6.45, 7) is 6.28. The molecule has 0 heterocycles. The van der Waals surface area contributed by atoms with Crippen LogP contribution >= 0.6 is 0 Å². The van der Waals surface area contributed by atoms with Crippen LogP contribution in [0.1, 0.15) is 26.3 Å². The molecule has 0 saturated carbocycles. The molecule has 1 nitrogen and oxygen atoms in total. The molecule has 0 aliphatic carbocycles. The molecule has 0 saturated heterocycles. The van der Waals surface area contributed by atoms with Gasteiger partial charge in [0.05, 0.1) is 0 Å². The van der Waals surface area contributed by atoms with Crippen molar-refractivity contribution in [2.75, 3.05) is 7.05 Å². The highest BCUT2D eigenvalue weighted by Gasteiger charge is 2.24. The number of rotatable bonds is 3. The molecule has 90 valence electrons. The Morgan fingerprint density at radius 3 is 2.31 bits per heavy atom. The van der Waals surface area contributed by atoms with E-state index in [9.17, 15) is 8.78 Å². The molecule has 1 N–H and O–H groups in total. The van der Waals surface area contributed by atoms with Crippen molar-refractivity contribution >= 4 is 0 Å². The molecule has 1 aromatic rings. The first-order chi connectivity index (χ1) is 7.34. The van der Waals surface area contributed by atoms with E-state index in [0.717, 1.165) is 6.07 Å². The Morgan fingerprint density at radius 1 is 1.25 bits per heavy atom. The lowest BCUT2D eigenvalue weighted by Crippen LogP contribution is -2.39. The SMILES string of the molecule is CNC(Cc1ccc(F)cc1F)C(C)(C)C. The van der Waals surface area contributed by atoms with E-state index in [4.69, 9.17) is 0 Å². The summed E-state index contributed by atoms with van der Waals surface area (Å²) in [6, 6.07) is 3.91. The van der Waals surface area contributed by atoms with E-state index in [1.165, 1.54) is 12.1 Å². The van der Waals surface area contributed by atoms with Crippen molar-refractivity contribution < 1.29 is 8.78 Å². The fourth-order valence-corrected chi connectivity index (χ4v) is 1.75. The van der Waals surface area contributed by atoms with E-state index in [1.54, 1.807) is 0 Å². The predicted molar refractivity (Wildman–Crippen MR) is 62.4 cm³/mol. The smallest absolute Gasteiger partial charge is 0.129 e. The Hall–Kier alpha value is -0.960. The second kappa shape index (κ2) is 4.91. The average molecular weight is 227 g/mol. The second-order valence-electron chi connectivity index (χ2n) is 5.15. The van der Waals surface area contributed by atoms with Crippen LogP contribution in [0.3, 0.4) is 0 Å². The summed E-state index contributed by atoms with van der Waals surface area (Å²) in [5.41, 5.74) is 0.589. The molecule has 1 rings (SSSR count). The number of hydrogen-bond donors (Lipinski definition) is 1. The van der Waals surface area contributed by atoms with Gasteiger partial charge in [-0.2, -0.15) is 0 Å². The van der Waals surface area contributed by atoms with E-state index >= 15 is 0 Å². The third kappa shape index (κ3) is 3.27. The van der Waals surface area contributed by atoms with Gasteiger partial charge in [-0.05, 0) is 30.5 Å². The Kier molecular flexibility index (Phi) is 4.03. The Morgan fingerprint density at radius 2 is 1.88 bits per heavy atom. The van der Waals surface area contributed by atoms with Gasteiger partial charge in [-0.25, -0.2) is 8.78 Å². The van der Waals surface area contributed by atoms with Gasteiger partial charge < -0.3 is 5.32 Å². The maximum absolute atomic E-state index is 13.5.